The van der Waals surface area contributed by atoms with Gasteiger partial charge in [0.1, 0.15) is 8.07 Å². The minimum Gasteiger partial charge on any atom is -0.348 e. The Hall–Kier alpha value is -1.34. The van der Waals surface area contributed by atoms with Crippen LogP contribution in [0.2, 0.25) is 19.6 Å². The molecule has 1 heterocycles. The molecule has 1 saturated heterocycles. The maximum atomic E-state index is 5.84. The lowest BCUT2D eigenvalue weighted by atomic mass is 10.0. The molecule has 22 heavy (non-hydrogen) atoms. The minimum absolute atomic E-state index is 0.237. The van der Waals surface area contributed by atoms with Gasteiger partial charge in [-0.05, 0) is 25.0 Å². The number of rotatable bonds is 4. The zero-order valence-electron chi connectivity index (χ0n) is 13.9. The first-order valence-electron chi connectivity index (χ1n) is 7.95. The van der Waals surface area contributed by atoms with Crippen molar-refractivity contribution in [1.29, 1.82) is 0 Å². The Labute approximate surface area is 135 Å². The van der Waals surface area contributed by atoms with Crippen LogP contribution in [-0.2, 0) is 9.47 Å². The van der Waals surface area contributed by atoms with Crippen molar-refractivity contribution >= 4 is 8.07 Å². The average Bonchev–Trinajstić information content (AvgIpc) is 2.51. The first-order chi connectivity index (χ1) is 10.5. The summed E-state index contributed by atoms with van der Waals surface area (Å²) in [6.07, 6.45) is 3.82. The van der Waals surface area contributed by atoms with Crippen molar-refractivity contribution in [3.63, 3.8) is 0 Å². The second kappa shape index (κ2) is 7.78. The van der Waals surface area contributed by atoms with Gasteiger partial charge in [-0.2, -0.15) is 0 Å². The predicted octanol–water partition coefficient (Wildman–Crippen LogP) is 4.54. The van der Waals surface area contributed by atoms with Gasteiger partial charge in [-0.15, -0.1) is 12.1 Å². The Kier molecular flexibility index (Phi) is 6.02. The third-order valence-corrected chi connectivity index (χ3v) is 4.39. The standard InChI is InChI=1S/C19H26O2Si/c1-5-6-7-17-14-20-19(21-15-17)18-10-8-16(9-11-18)12-13-22(2,3)4/h5,8-11,17,19H,1,6-7,14-15H2,2-4H3. The number of ether oxygens (including phenoxy) is 2. The summed E-state index contributed by atoms with van der Waals surface area (Å²) in [6.45, 7) is 12.0. The third-order valence-electron chi connectivity index (χ3n) is 3.51. The molecule has 0 aliphatic carbocycles. The van der Waals surface area contributed by atoms with E-state index in [-0.39, 0.29) is 6.29 Å². The van der Waals surface area contributed by atoms with Crippen LogP contribution in [0.4, 0.5) is 0 Å². The van der Waals surface area contributed by atoms with E-state index in [0.717, 1.165) is 37.2 Å². The average molecular weight is 315 g/mol. The molecule has 0 saturated carbocycles. The summed E-state index contributed by atoms with van der Waals surface area (Å²) in [5, 5.41) is 0. The molecule has 2 nitrogen and oxygen atoms in total. The molecule has 0 bridgehead atoms. The zero-order valence-corrected chi connectivity index (χ0v) is 14.9. The van der Waals surface area contributed by atoms with Gasteiger partial charge in [-0.25, -0.2) is 0 Å². The zero-order chi connectivity index (χ0) is 16.0. The highest BCUT2D eigenvalue weighted by molar-refractivity contribution is 6.83. The van der Waals surface area contributed by atoms with Gasteiger partial charge in [0.25, 0.3) is 0 Å². The van der Waals surface area contributed by atoms with Gasteiger partial charge < -0.3 is 9.47 Å². The van der Waals surface area contributed by atoms with Crippen molar-refractivity contribution < 1.29 is 9.47 Å². The quantitative estimate of drug-likeness (QED) is 0.461. The topological polar surface area (TPSA) is 18.5 Å². The molecule has 0 unspecified atom stereocenters. The highest BCUT2D eigenvalue weighted by Crippen LogP contribution is 2.27. The minimum atomic E-state index is -1.32. The summed E-state index contributed by atoms with van der Waals surface area (Å²) in [5.41, 5.74) is 5.51. The van der Waals surface area contributed by atoms with Gasteiger partial charge in [-0.3, -0.25) is 0 Å². The highest BCUT2D eigenvalue weighted by atomic mass is 28.3. The van der Waals surface area contributed by atoms with E-state index in [1.807, 2.05) is 6.08 Å². The van der Waals surface area contributed by atoms with Gasteiger partial charge in [-0.1, -0.05) is 43.8 Å². The summed E-state index contributed by atoms with van der Waals surface area (Å²) in [6, 6.07) is 8.23. The summed E-state index contributed by atoms with van der Waals surface area (Å²) in [4.78, 5) is 0. The summed E-state index contributed by atoms with van der Waals surface area (Å²) in [5.74, 6) is 3.75. The normalized spacial score (nSPS) is 21.8. The van der Waals surface area contributed by atoms with Crippen LogP contribution in [0.5, 0.6) is 0 Å². The molecule has 0 aromatic heterocycles. The molecule has 0 amide bonds. The number of hydrogen-bond acceptors (Lipinski definition) is 2. The van der Waals surface area contributed by atoms with E-state index < -0.39 is 8.07 Å². The van der Waals surface area contributed by atoms with Gasteiger partial charge in [0.15, 0.2) is 6.29 Å². The van der Waals surface area contributed by atoms with Crippen LogP contribution in [0.25, 0.3) is 0 Å². The largest absolute Gasteiger partial charge is 0.348 e. The van der Waals surface area contributed by atoms with Crippen LogP contribution in [0.15, 0.2) is 36.9 Å². The Morgan fingerprint density at radius 3 is 2.36 bits per heavy atom. The fraction of sp³-hybridized carbons (Fsp3) is 0.474. The molecule has 0 spiro atoms. The lowest BCUT2D eigenvalue weighted by Crippen LogP contribution is -2.27. The van der Waals surface area contributed by atoms with E-state index in [4.69, 9.17) is 9.47 Å². The molecule has 2 rings (SSSR count). The van der Waals surface area contributed by atoms with Gasteiger partial charge >= 0.3 is 0 Å². The molecule has 3 heteroatoms. The molecule has 118 valence electrons. The fourth-order valence-corrected chi connectivity index (χ4v) is 2.76. The number of benzene rings is 1. The molecular weight excluding hydrogens is 288 g/mol. The van der Waals surface area contributed by atoms with E-state index >= 15 is 0 Å². The number of allylic oxidation sites excluding steroid dienone is 1. The van der Waals surface area contributed by atoms with Crippen molar-refractivity contribution in [3.8, 4) is 11.5 Å². The molecule has 1 fully saturated rings. The van der Waals surface area contributed by atoms with Crippen molar-refractivity contribution in [2.45, 2.75) is 38.8 Å². The van der Waals surface area contributed by atoms with E-state index in [1.54, 1.807) is 0 Å². The van der Waals surface area contributed by atoms with Gasteiger partial charge in [0.05, 0.1) is 13.2 Å². The Balaban J connectivity index is 1.91. The van der Waals surface area contributed by atoms with Crippen molar-refractivity contribution in [2.75, 3.05) is 13.2 Å². The molecule has 1 aromatic carbocycles. The predicted molar refractivity (Wildman–Crippen MR) is 94.2 cm³/mol. The highest BCUT2D eigenvalue weighted by Gasteiger charge is 2.22. The van der Waals surface area contributed by atoms with Crippen LogP contribution < -0.4 is 0 Å². The smallest absolute Gasteiger partial charge is 0.183 e. The number of hydrogen-bond donors (Lipinski definition) is 0. The van der Waals surface area contributed by atoms with Crippen molar-refractivity contribution in [1.82, 2.24) is 0 Å². The molecule has 0 radical (unpaired) electrons. The van der Waals surface area contributed by atoms with Crippen LogP contribution in [-0.4, -0.2) is 21.3 Å². The first kappa shape index (κ1) is 17.0. The Bertz CT molecular complexity index is 538. The van der Waals surface area contributed by atoms with Crippen LogP contribution in [0.3, 0.4) is 0 Å². The van der Waals surface area contributed by atoms with Crippen LogP contribution in [0, 0.1) is 17.4 Å². The summed E-state index contributed by atoms with van der Waals surface area (Å²) in [7, 11) is -1.32. The lowest BCUT2D eigenvalue weighted by Gasteiger charge is -2.29. The molecule has 0 atom stereocenters. The van der Waals surface area contributed by atoms with Gasteiger partial charge in [0.2, 0.25) is 0 Å². The van der Waals surface area contributed by atoms with Crippen LogP contribution in [0.1, 0.15) is 30.3 Å². The maximum absolute atomic E-state index is 5.84. The van der Waals surface area contributed by atoms with Crippen molar-refractivity contribution in [3.05, 3.63) is 48.0 Å². The van der Waals surface area contributed by atoms with Crippen LogP contribution >= 0.6 is 0 Å². The third kappa shape index (κ3) is 5.45. The molecule has 1 aliphatic heterocycles. The molecular formula is C19H26O2Si. The van der Waals surface area contributed by atoms with E-state index in [1.165, 1.54) is 0 Å². The Morgan fingerprint density at radius 2 is 1.82 bits per heavy atom. The second-order valence-electron chi connectivity index (χ2n) is 6.85. The monoisotopic (exact) mass is 314 g/mol. The second-order valence-corrected chi connectivity index (χ2v) is 11.6. The van der Waals surface area contributed by atoms with E-state index in [9.17, 15) is 0 Å². The fourth-order valence-electron chi connectivity index (χ4n) is 2.24. The van der Waals surface area contributed by atoms with E-state index in [2.05, 4.69) is 61.9 Å². The molecule has 1 aliphatic rings. The first-order valence-corrected chi connectivity index (χ1v) is 11.5. The summed E-state index contributed by atoms with van der Waals surface area (Å²) >= 11 is 0. The summed E-state index contributed by atoms with van der Waals surface area (Å²) < 4.78 is 11.7. The lowest BCUT2D eigenvalue weighted by molar-refractivity contribution is -0.205. The van der Waals surface area contributed by atoms with E-state index in [0.29, 0.717) is 5.92 Å². The molecule has 0 N–H and O–H groups in total. The van der Waals surface area contributed by atoms with Gasteiger partial charge in [0, 0.05) is 17.0 Å². The maximum Gasteiger partial charge on any atom is 0.183 e. The van der Waals surface area contributed by atoms with Crippen molar-refractivity contribution in [2.24, 2.45) is 5.92 Å². The SMILES string of the molecule is C=CCCC1COC(c2ccc(C#C[Si](C)(C)C)cc2)OC1. The Morgan fingerprint density at radius 1 is 1.18 bits per heavy atom. The molecule has 1 aromatic rings.